The Morgan fingerprint density at radius 1 is 1.27 bits per heavy atom. The third-order valence-electron chi connectivity index (χ3n) is 2.50. The molecule has 1 rings (SSSR count). The van der Waals surface area contributed by atoms with Crippen LogP contribution in [0.25, 0.3) is 6.08 Å². The minimum atomic E-state index is -1.01. The maximum atomic E-state index is 11.7. The van der Waals surface area contributed by atoms with Gasteiger partial charge < -0.3 is 4.74 Å². The molecule has 0 spiro atoms. The summed E-state index contributed by atoms with van der Waals surface area (Å²) in [6.07, 6.45) is 1.14. The van der Waals surface area contributed by atoms with E-state index in [2.05, 4.69) is 4.74 Å². The van der Waals surface area contributed by atoms with Crippen LogP contribution in [0.5, 0.6) is 0 Å². The second-order valence-corrected chi connectivity index (χ2v) is 4.16. The minimum absolute atomic E-state index is 0.196. The van der Waals surface area contributed by atoms with Crippen LogP contribution in [0.2, 0.25) is 0 Å². The van der Waals surface area contributed by atoms with Crippen LogP contribution in [0.1, 0.15) is 12.5 Å². The number of Topliss-reactive ketones (excluding diaryl/α,β-unsaturated/α-hetero) is 1. The molecule has 116 valence electrons. The lowest BCUT2D eigenvalue weighted by Crippen LogP contribution is -2.18. The number of ketones is 1. The van der Waals surface area contributed by atoms with Crippen molar-refractivity contribution in [3.63, 3.8) is 0 Å². The van der Waals surface area contributed by atoms with Crippen molar-refractivity contribution in [3.05, 3.63) is 55.6 Å². The number of benzene rings is 1. The molecule has 0 atom stereocenters. The highest BCUT2D eigenvalue weighted by molar-refractivity contribution is 6.19. The number of carbonyl (C=O) groups is 2. The van der Waals surface area contributed by atoms with E-state index in [1.807, 2.05) is 0 Å². The Morgan fingerprint density at radius 3 is 2.50 bits per heavy atom. The summed E-state index contributed by atoms with van der Waals surface area (Å²) in [6.45, 7) is 0.0804. The quantitative estimate of drug-likeness (QED) is 0.186. The lowest BCUT2D eigenvalue weighted by molar-refractivity contribution is -0.482. The van der Waals surface area contributed by atoms with E-state index in [1.54, 1.807) is 0 Å². The Bertz CT molecular complexity index is 652. The van der Waals surface area contributed by atoms with Crippen LogP contribution in [-0.4, -0.2) is 34.8 Å². The van der Waals surface area contributed by atoms with Crippen molar-refractivity contribution in [2.24, 2.45) is 0 Å². The number of ether oxygens (including phenoxy) is 1. The van der Waals surface area contributed by atoms with Gasteiger partial charge in [0.15, 0.2) is 12.4 Å². The van der Waals surface area contributed by atoms with E-state index in [9.17, 15) is 29.8 Å². The summed E-state index contributed by atoms with van der Waals surface area (Å²) in [5.41, 5.74) is -0.271. The van der Waals surface area contributed by atoms with E-state index < -0.39 is 34.8 Å². The third kappa shape index (κ3) is 5.12. The van der Waals surface area contributed by atoms with Crippen molar-refractivity contribution in [2.75, 3.05) is 13.2 Å². The van der Waals surface area contributed by atoms with Gasteiger partial charge in [0.25, 0.3) is 5.69 Å². The summed E-state index contributed by atoms with van der Waals surface area (Å²) in [6, 6.07) is 5.33. The zero-order valence-corrected chi connectivity index (χ0v) is 11.6. The van der Waals surface area contributed by atoms with Gasteiger partial charge in [0.2, 0.25) is 6.54 Å². The smallest absolute Gasteiger partial charge is 0.342 e. The third-order valence-corrected chi connectivity index (χ3v) is 2.50. The van der Waals surface area contributed by atoms with Crippen LogP contribution < -0.4 is 0 Å². The van der Waals surface area contributed by atoms with E-state index >= 15 is 0 Å². The van der Waals surface area contributed by atoms with Gasteiger partial charge in [-0.3, -0.25) is 25.0 Å². The summed E-state index contributed by atoms with van der Waals surface area (Å²) in [4.78, 5) is 42.7. The average Bonchev–Trinajstić information content (AvgIpc) is 2.44. The van der Waals surface area contributed by atoms with Crippen LogP contribution in [-0.2, 0) is 14.3 Å². The molecule has 0 N–H and O–H groups in total. The predicted molar refractivity (Wildman–Crippen MR) is 74.6 cm³/mol. The molecule has 22 heavy (non-hydrogen) atoms. The standard InChI is InChI=1S/C13H12N2O7/c1-9(16)12(13(17)22-6-5-14(18)19)8-10-3-2-4-11(7-10)15(20)21/h2-4,7-8H,5-6H2,1H3. The highest BCUT2D eigenvalue weighted by Crippen LogP contribution is 2.16. The molecule has 0 aliphatic heterocycles. The Balaban J connectivity index is 2.97. The number of nitro benzene ring substituents is 1. The van der Waals surface area contributed by atoms with Crippen molar-refractivity contribution in [2.45, 2.75) is 6.92 Å². The van der Waals surface area contributed by atoms with Gasteiger partial charge in [0.1, 0.15) is 5.57 Å². The zero-order valence-electron chi connectivity index (χ0n) is 11.6. The second-order valence-electron chi connectivity index (χ2n) is 4.16. The number of carbonyl (C=O) groups excluding carboxylic acids is 2. The van der Waals surface area contributed by atoms with Crippen molar-refractivity contribution < 1.29 is 24.2 Å². The van der Waals surface area contributed by atoms with Gasteiger partial charge in [-0.15, -0.1) is 0 Å². The molecule has 1 aromatic carbocycles. The largest absolute Gasteiger partial charge is 0.455 e. The highest BCUT2D eigenvalue weighted by atomic mass is 16.6. The molecule has 0 saturated heterocycles. The first kappa shape index (κ1) is 17.0. The van der Waals surface area contributed by atoms with Crippen molar-refractivity contribution in [1.29, 1.82) is 0 Å². The zero-order chi connectivity index (χ0) is 16.7. The molecule has 0 bridgehead atoms. The molecule has 0 saturated carbocycles. The van der Waals surface area contributed by atoms with Gasteiger partial charge in [0, 0.05) is 17.1 Å². The van der Waals surface area contributed by atoms with Gasteiger partial charge in [-0.2, -0.15) is 0 Å². The number of esters is 1. The van der Waals surface area contributed by atoms with E-state index in [-0.39, 0.29) is 16.8 Å². The summed E-state index contributed by atoms with van der Waals surface area (Å²) in [7, 11) is 0. The SMILES string of the molecule is CC(=O)C(=Cc1cccc([N+](=O)[O-])c1)C(=O)OCC[N+](=O)[O-]. The number of nitro groups is 2. The minimum Gasteiger partial charge on any atom is -0.455 e. The Morgan fingerprint density at radius 2 is 1.95 bits per heavy atom. The molecule has 9 nitrogen and oxygen atoms in total. The molecular formula is C13H12N2O7. The van der Waals surface area contributed by atoms with Gasteiger partial charge >= 0.3 is 5.97 Å². The molecule has 0 aliphatic carbocycles. The molecule has 0 amide bonds. The first-order valence-electron chi connectivity index (χ1n) is 6.07. The molecule has 0 aliphatic rings. The molecule has 0 heterocycles. The first-order chi connectivity index (χ1) is 10.3. The van der Waals surface area contributed by atoms with Crippen molar-refractivity contribution >= 4 is 23.5 Å². The predicted octanol–water partition coefficient (Wildman–Crippen LogP) is 1.39. The summed E-state index contributed by atoms with van der Waals surface area (Å²) in [5, 5.41) is 20.8. The summed E-state index contributed by atoms with van der Waals surface area (Å²) < 4.78 is 4.62. The second kappa shape index (κ2) is 7.62. The van der Waals surface area contributed by atoms with Crippen LogP contribution in [0.3, 0.4) is 0 Å². The molecular weight excluding hydrogens is 296 g/mol. The number of rotatable bonds is 7. The van der Waals surface area contributed by atoms with E-state index in [0.29, 0.717) is 0 Å². The number of non-ortho nitro benzene ring substituents is 1. The molecule has 0 aromatic heterocycles. The molecule has 0 unspecified atom stereocenters. The first-order valence-corrected chi connectivity index (χ1v) is 6.07. The monoisotopic (exact) mass is 308 g/mol. The van der Waals surface area contributed by atoms with Crippen LogP contribution >= 0.6 is 0 Å². The van der Waals surface area contributed by atoms with Crippen LogP contribution in [0, 0.1) is 20.2 Å². The maximum Gasteiger partial charge on any atom is 0.342 e. The fourth-order valence-corrected chi connectivity index (χ4v) is 1.49. The van der Waals surface area contributed by atoms with Crippen molar-refractivity contribution in [3.8, 4) is 0 Å². The Hall–Kier alpha value is -3.10. The van der Waals surface area contributed by atoms with Gasteiger partial charge in [-0.25, -0.2) is 4.79 Å². The van der Waals surface area contributed by atoms with Gasteiger partial charge in [0.05, 0.1) is 4.92 Å². The lowest BCUT2D eigenvalue weighted by atomic mass is 10.1. The fraction of sp³-hybridized carbons (Fsp3) is 0.231. The van der Waals surface area contributed by atoms with Gasteiger partial charge in [-0.1, -0.05) is 12.1 Å². The Labute approximate surface area is 124 Å². The van der Waals surface area contributed by atoms with Crippen LogP contribution in [0.15, 0.2) is 29.8 Å². The molecule has 9 heteroatoms. The summed E-state index contributed by atoms with van der Waals surface area (Å²) >= 11 is 0. The molecule has 0 fully saturated rings. The number of hydrogen-bond acceptors (Lipinski definition) is 7. The number of nitrogens with zero attached hydrogens (tertiary/aromatic N) is 2. The van der Waals surface area contributed by atoms with Gasteiger partial charge in [-0.05, 0) is 18.6 Å². The van der Waals surface area contributed by atoms with E-state index in [0.717, 1.165) is 13.0 Å². The fourth-order valence-electron chi connectivity index (χ4n) is 1.49. The van der Waals surface area contributed by atoms with Crippen molar-refractivity contribution in [1.82, 2.24) is 0 Å². The molecule has 1 aromatic rings. The number of hydrogen-bond donors (Lipinski definition) is 0. The van der Waals surface area contributed by atoms with E-state index in [1.165, 1.54) is 24.3 Å². The molecule has 0 radical (unpaired) electrons. The highest BCUT2D eigenvalue weighted by Gasteiger charge is 2.17. The van der Waals surface area contributed by atoms with E-state index in [4.69, 9.17) is 0 Å². The lowest BCUT2D eigenvalue weighted by Gasteiger charge is -2.04. The normalized spacial score (nSPS) is 10.9. The topological polar surface area (TPSA) is 130 Å². The average molecular weight is 308 g/mol. The maximum absolute atomic E-state index is 11.7. The van der Waals surface area contributed by atoms with Crippen LogP contribution in [0.4, 0.5) is 5.69 Å². The summed E-state index contributed by atoms with van der Waals surface area (Å²) in [5.74, 6) is -1.63. The Kier molecular flexibility index (Phi) is 5.87.